The van der Waals surface area contributed by atoms with Crippen molar-refractivity contribution in [3.63, 3.8) is 0 Å². The summed E-state index contributed by atoms with van der Waals surface area (Å²) >= 11 is 0. The largest absolute Gasteiger partial charge is 0.310 e. The molecule has 418 valence electrons. The maximum Gasteiger partial charge on any atom is 0.0468 e. The van der Waals surface area contributed by atoms with Gasteiger partial charge in [-0.3, -0.25) is 0 Å². The molecule has 0 fully saturated rings. The predicted molar refractivity (Wildman–Crippen MR) is 364 cm³/mol. The van der Waals surface area contributed by atoms with Crippen molar-refractivity contribution < 1.29 is 0 Å². The summed E-state index contributed by atoms with van der Waals surface area (Å²) in [5.41, 5.74) is 25.9. The van der Waals surface area contributed by atoms with Gasteiger partial charge in [0, 0.05) is 55.8 Å². The van der Waals surface area contributed by atoms with Crippen LogP contribution in [-0.4, -0.2) is 0 Å². The maximum absolute atomic E-state index is 2.63. The normalized spacial score (nSPS) is 17.9. The van der Waals surface area contributed by atoms with E-state index in [0.29, 0.717) is 0 Å². The molecule has 2 unspecified atom stereocenters. The number of hydrogen-bond donors (Lipinski definition) is 0. The Labute approximate surface area is 508 Å². The van der Waals surface area contributed by atoms with Crippen molar-refractivity contribution in [2.75, 3.05) is 9.80 Å². The SMILES string of the molecule is CC1(C)c2ccccc2-c2ccc(N(c3ccc4c(c3)C(C(C)(C)C)(C3(C(C)(C)C)c5ccccc5-c5ccc(N(c6ccc7c(c6)C(C)(C)c6ccccc6-7)c6ccc7ccccc7c6)cc53)c3ccccc3-4)c3ccc4ccccc4c3)cc21. The average Bonchev–Trinajstić information content (AvgIpc) is 1.44. The molecule has 0 spiro atoms. The van der Waals surface area contributed by atoms with Gasteiger partial charge in [-0.2, -0.15) is 0 Å². The third kappa shape index (κ3) is 6.96. The van der Waals surface area contributed by atoms with Crippen LogP contribution in [0.4, 0.5) is 34.1 Å². The van der Waals surface area contributed by atoms with Gasteiger partial charge in [-0.05, 0) is 194 Å². The smallest absolute Gasteiger partial charge is 0.0468 e. The Morgan fingerprint density at radius 2 is 0.465 bits per heavy atom. The van der Waals surface area contributed by atoms with E-state index in [1.54, 1.807) is 0 Å². The molecule has 0 radical (unpaired) electrons. The second-order valence-electron chi connectivity index (χ2n) is 28.1. The van der Waals surface area contributed by atoms with Crippen molar-refractivity contribution in [2.24, 2.45) is 10.8 Å². The minimum absolute atomic E-state index is 0.175. The molecule has 4 aliphatic carbocycles. The molecular formula is C84H72N2. The average molecular weight is 1110 g/mol. The fourth-order valence-corrected chi connectivity index (χ4v) is 17.6. The van der Waals surface area contributed by atoms with Crippen LogP contribution in [0, 0.1) is 10.8 Å². The van der Waals surface area contributed by atoms with E-state index < -0.39 is 10.8 Å². The van der Waals surface area contributed by atoms with Crippen LogP contribution in [-0.2, 0) is 21.7 Å². The number of rotatable bonds is 7. The Hall–Kier alpha value is -9.24. The molecule has 86 heavy (non-hydrogen) atoms. The standard InChI is InChI=1S/C84H72N2/c1-79(2,3)83(73-33-21-17-29-65(73)69-45-41-61(51-77(69)83)85(57-37-35-53-23-11-13-25-55(53)47-57)59-39-43-67-63-27-15-19-31-71(63)81(7,8)75(67)49-59)84(80(4,5)6)74-34-22-18-30-66(74)70-46-42-62(52-78(70)84)86(58-38-36-54-24-12-14-26-56(54)48-58)60-40-44-68-64-28-16-20-32-72(64)82(9,10)76(68)50-60/h11-52H,1-10H3. The van der Waals surface area contributed by atoms with Crippen LogP contribution in [0.15, 0.2) is 255 Å². The van der Waals surface area contributed by atoms with Crippen molar-refractivity contribution in [3.8, 4) is 44.5 Å². The predicted octanol–water partition coefficient (Wildman–Crippen LogP) is 22.9. The molecule has 12 aromatic rings. The molecule has 0 heterocycles. The minimum atomic E-state index is -0.645. The number of benzene rings is 12. The molecule has 12 aromatic carbocycles. The summed E-state index contributed by atoms with van der Waals surface area (Å²) in [6.45, 7) is 24.8. The molecule has 0 saturated heterocycles. The highest BCUT2D eigenvalue weighted by atomic mass is 15.1. The van der Waals surface area contributed by atoms with Gasteiger partial charge in [-0.1, -0.05) is 251 Å². The van der Waals surface area contributed by atoms with Crippen LogP contribution in [0.25, 0.3) is 66.1 Å². The number of anilines is 6. The molecule has 16 rings (SSSR count). The van der Waals surface area contributed by atoms with Gasteiger partial charge < -0.3 is 9.80 Å². The van der Waals surface area contributed by atoms with Gasteiger partial charge in [-0.15, -0.1) is 0 Å². The van der Waals surface area contributed by atoms with Gasteiger partial charge in [-0.25, -0.2) is 0 Å². The van der Waals surface area contributed by atoms with Crippen molar-refractivity contribution in [1.29, 1.82) is 0 Å². The first-order valence-electron chi connectivity index (χ1n) is 31.0. The Kier molecular flexibility index (Phi) is 11.0. The van der Waals surface area contributed by atoms with Gasteiger partial charge >= 0.3 is 0 Å². The molecule has 4 aliphatic rings. The van der Waals surface area contributed by atoms with Crippen LogP contribution in [0.1, 0.15) is 114 Å². The lowest BCUT2D eigenvalue weighted by Gasteiger charge is -2.62. The lowest BCUT2D eigenvalue weighted by atomic mass is 9.39. The molecule has 0 N–H and O–H groups in total. The zero-order valence-corrected chi connectivity index (χ0v) is 51.1. The molecule has 0 bridgehead atoms. The van der Waals surface area contributed by atoms with Crippen LogP contribution in [0.2, 0.25) is 0 Å². The van der Waals surface area contributed by atoms with Gasteiger partial charge in [0.15, 0.2) is 0 Å². The fraction of sp³-hybridized carbons (Fsp3) is 0.190. The minimum Gasteiger partial charge on any atom is -0.310 e. The molecule has 0 saturated carbocycles. The summed E-state index contributed by atoms with van der Waals surface area (Å²) in [7, 11) is 0. The van der Waals surface area contributed by atoms with E-state index in [4.69, 9.17) is 0 Å². The first-order valence-corrected chi connectivity index (χ1v) is 31.0. The molecule has 2 heteroatoms. The van der Waals surface area contributed by atoms with Crippen molar-refractivity contribution >= 4 is 55.7 Å². The van der Waals surface area contributed by atoms with Gasteiger partial charge in [0.05, 0.1) is 0 Å². The first-order chi connectivity index (χ1) is 41.4. The Bertz CT molecular complexity index is 4520. The van der Waals surface area contributed by atoms with E-state index in [9.17, 15) is 0 Å². The lowest BCUT2D eigenvalue weighted by molar-refractivity contribution is 0.0594. The van der Waals surface area contributed by atoms with E-state index in [1.807, 2.05) is 0 Å². The van der Waals surface area contributed by atoms with Crippen molar-refractivity contribution in [3.05, 3.63) is 299 Å². The fourth-order valence-electron chi connectivity index (χ4n) is 17.6. The third-order valence-electron chi connectivity index (χ3n) is 21.0. The van der Waals surface area contributed by atoms with Crippen molar-refractivity contribution in [1.82, 2.24) is 0 Å². The molecule has 0 aliphatic heterocycles. The topological polar surface area (TPSA) is 6.48 Å². The summed E-state index contributed by atoms with van der Waals surface area (Å²) < 4.78 is 0. The monoisotopic (exact) mass is 1110 g/mol. The van der Waals surface area contributed by atoms with E-state index >= 15 is 0 Å². The van der Waals surface area contributed by atoms with E-state index in [-0.39, 0.29) is 21.7 Å². The second-order valence-corrected chi connectivity index (χ2v) is 28.1. The summed E-state index contributed by atoms with van der Waals surface area (Å²) in [5, 5.41) is 4.89. The highest BCUT2D eigenvalue weighted by Crippen LogP contribution is 2.75. The van der Waals surface area contributed by atoms with Crippen LogP contribution >= 0.6 is 0 Å². The molecular weight excluding hydrogens is 1040 g/mol. The molecule has 2 nitrogen and oxygen atoms in total. The Morgan fingerprint density at radius 3 is 0.814 bits per heavy atom. The summed E-state index contributed by atoms with van der Waals surface area (Å²) in [6, 6.07) is 98.1. The van der Waals surface area contributed by atoms with E-state index in [0.717, 1.165) is 34.1 Å². The summed E-state index contributed by atoms with van der Waals surface area (Å²) in [5.74, 6) is 0. The van der Waals surface area contributed by atoms with Gasteiger partial charge in [0.25, 0.3) is 0 Å². The molecule has 0 amide bonds. The van der Waals surface area contributed by atoms with Gasteiger partial charge in [0.1, 0.15) is 0 Å². The maximum atomic E-state index is 2.63. The second kappa shape index (κ2) is 18.1. The van der Waals surface area contributed by atoms with Crippen molar-refractivity contribution in [2.45, 2.75) is 90.9 Å². The first kappa shape index (κ1) is 52.3. The van der Waals surface area contributed by atoms with Gasteiger partial charge in [0.2, 0.25) is 0 Å². The Balaban J connectivity index is 0.969. The Morgan fingerprint density at radius 1 is 0.221 bits per heavy atom. The van der Waals surface area contributed by atoms with Crippen LogP contribution < -0.4 is 9.80 Å². The van der Waals surface area contributed by atoms with E-state index in [2.05, 4.69) is 334 Å². The van der Waals surface area contributed by atoms with Crippen LogP contribution in [0.5, 0.6) is 0 Å². The molecule has 2 atom stereocenters. The summed E-state index contributed by atoms with van der Waals surface area (Å²) in [6.07, 6.45) is 0. The number of nitrogens with zero attached hydrogens (tertiary/aromatic N) is 2. The zero-order chi connectivity index (χ0) is 58.9. The number of hydrogen-bond acceptors (Lipinski definition) is 2. The number of fused-ring (bicyclic) bond motifs is 14. The summed E-state index contributed by atoms with van der Waals surface area (Å²) in [4.78, 5) is 5.11. The van der Waals surface area contributed by atoms with E-state index in [1.165, 1.54) is 111 Å². The zero-order valence-electron chi connectivity index (χ0n) is 51.1. The highest BCUT2D eigenvalue weighted by molar-refractivity contribution is 5.97. The molecule has 0 aromatic heterocycles. The third-order valence-corrected chi connectivity index (χ3v) is 21.0. The quantitative estimate of drug-likeness (QED) is 0.157. The lowest BCUT2D eigenvalue weighted by Crippen LogP contribution is -2.62. The highest BCUT2D eigenvalue weighted by Gasteiger charge is 2.70. The van der Waals surface area contributed by atoms with Crippen LogP contribution in [0.3, 0.4) is 0 Å².